The zero-order chi connectivity index (χ0) is 18.5. The Morgan fingerprint density at radius 2 is 1.92 bits per heavy atom. The van der Waals surface area contributed by atoms with Crippen molar-refractivity contribution in [2.24, 2.45) is 5.41 Å². The lowest BCUT2D eigenvalue weighted by atomic mass is 9.71. The minimum Gasteiger partial charge on any atom is -0.444 e. The van der Waals surface area contributed by atoms with Crippen molar-refractivity contribution in [1.82, 2.24) is 5.32 Å². The predicted octanol–water partition coefficient (Wildman–Crippen LogP) is 4.30. The van der Waals surface area contributed by atoms with Crippen molar-refractivity contribution in [3.05, 3.63) is 35.9 Å². The average Bonchev–Trinajstić information content (AvgIpc) is 2.74. The molecule has 0 saturated heterocycles. The van der Waals surface area contributed by atoms with Gasteiger partial charge in [-0.2, -0.15) is 5.26 Å². The van der Waals surface area contributed by atoms with Crippen LogP contribution in [-0.4, -0.2) is 17.5 Å². The minimum atomic E-state index is -1.26. The molecule has 0 aliphatic heterocycles. The van der Waals surface area contributed by atoms with Crippen LogP contribution in [0.5, 0.6) is 0 Å². The van der Waals surface area contributed by atoms with E-state index in [2.05, 4.69) is 11.4 Å². The molecular formula is C20H26N2O3. The summed E-state index contributed by atoms with van der Waals surface area (Å²) in [6, 6.07) is 10.7. The summed E-state index contributed by atoms with van der Waals surface area (Å²) in [5.41, 5.74) is -1.17. The van der Waals surface area contributed by atoms with Crippen LogP contribution in [-0.2, 0) is 9.53 Å². The maximum atomic E-state index is 12.8. The lowest BCUT2D eigenvalue weighted by molar-refractivity contribution is -0.127. The van der Waals surface area contributed by atoms with Gasteiger partial charge >= 0.3 is 6.09 Å². The van der Waals surface area contributed by atoms with Crippen molar-refractivity contribution in [3.8, 4) is 6.07 Å². The first-order valence-corrected chi connectivity index (χ1v) is 8.77. The molecule has 2 rings (SSSR count). The highest BCUT2D eigenvalue weighted by atomic mass is 16.6. The van der Waals surface area contributed by atoms with Gasteiger partial charge < -0.3 is 10.1 Å². The van der Waals surface area contributed by atoms with Crippen molar-refractivity contribution in [2.75, 3.05) is 0 Å². The van der Waals surface area contributed by atoms with Gasteiger partial charge in [0.1, 0.15) is 11.0 Å². The molecule has 1 aliphatic carbocycles. The molecule has 0 aromatic heterocycles. The Morgan fingerprint density at radius 1 is 1.24 bits per heavy atom. The molecule has 1 saturated carbocycles. The molecule has 2 atom stereocenters. The molecule has 1 amide bonds. The molecule has 1 aromatic carbocycles. The van der Waals surface area contributed by atoms with Crippen molar-refractivity contribution in [2.45, 2.75) is 64.5 Å². The summed E-state index contributed by atoms with van der Waals surface area (Å²) in [4.78, 5) is 25.2. The van der Waals surface area contributed by atoms with E-state index in [1.165, 1.54) is 0 Å². The Kier molecular flexibility index (Phi) is 5.84. The van der Waals surface area contributed by atoms with Crippen molar-refractivity contribution >= 4 is 11.9 Å². The molecule has 1 aliphatic rings. The molecule has 0 spiro atoms. The number of Topliss-reactive ketones (excluding diaryl/α,β-unsaturated/α-hetero) is 1. The number of hydrogen-bond acceptors (Lipinski definition) is 4. The molecule has 1 N–H and O–H groups in total. The van der Waals surface area contributed by atoms with Crippen LogP contribution in [0.15, 0.2) is 30.3 Å². The van der Waals surface area contributed by atoms with Gasteiger partial charge in [-0.15, -0.1) is 0 Å². The van der Waals surface area contributed by atoms with E-state index in [1.54, 1.807) is 20.8 Å². The third-order valence-corrected chi connectivity index (χ3v) is 4.46. The highest BCUT2D eigenvalue weighted by molar-refractivity contribution is 5.89. The second-order valence-electron chi connectivity index (χ2n) is 7.56. The number of alkyl carbamates (subject to hydrolysis) is 1. The number of hydrogen-bond donors (Lipinski definition) is 1. The number of amides is 1. The van der Waals surface area contributed by atoms with Crippen LogP contribution in [0.1, 0.15) is 64.5 Å². The van der Waals surface area contributed by atoms with E-state index in [-0.39, 0.29) is 5.78 Å². The first-order chi connectivity index (χ1) is 11.8. The van der Waals surface area contributed by atoms with Crippen LogP contribution >= 0.6 is 0 Å². The monoisotopic (exact) mass is 342 g/mol. The Balaban J connectivity index is 2.41. The summed E-state index contributed by atoms with van der Waals surface area (Å²) in [7, 11) is 0. The molecule has 5 heteroatoms. The molecule has 25 heavy (non-hydrogen) atoms. The third kappa shape index (κ3) is 4.60. The Hall–Kier alpha value is -2.35. The summed E-state index contributed by atoms with van der Waals surface area (Å²) >= 11 is 0. The van der Waals surface area contributed by atoms with Gasteiger partial charge in [0.2, 0.25) is 0 Å². The number of ether oxygens (including phenoxy) is 1. The number of benzene rings is 1. The number of rotatable bonds is 3. The number of carbonyl (C=O) groups excluding carboxylic acids is 2. The molecule has 1 aromatic rings. The lowest BCUT2D eigenvalue weighted by Crippen LogP contribution is -2.46. The normalized spacial score (nSPS) is 22.4. The van der Waals surface area contributed by atoms with Gasteiger partial charge in [-0.25, -0.2) is 4.79 Å². The number of carbonyl (C=O) groups is 2. The van der Waals surface area contributed by atoms with Crippen LogP contribution in [0.25, 0.3) is 0 Å². The van der Waals surface area contributed by atoms with E-state index in [4.69, 9.17) is 4.74 Å². The standard InChI is InChI=1S/C20H26N2O3/c1-19(2,3)25-18(24)22-17(15-10-6-4-7-11-15)20(14-21)13-9-5-8-12-16(20)23/h4,6-7,10-11,17H,5,8-9,12-13H2,1-3H3,(H,22,24)/t17-,20+/m0/s1. The smallest absolute Gasteiger partial charge is 0.408 e. The fourth-order valence-corrected chi connectivity index (χ4v) is 3.28. The Bertz CT molecular complexity index is 658. The largest absolute Gasteiger partial charge is 0.444 e. The van der Waals surface area contributed by atoms with Crippen LogP contribution in [0.2, 0.25) is 0 Å². The zero-order valence-corrected chi connectivity index (χ0v) is 15.2. The van der Waals surface area contributed by atoms with Crippen LogP contribution < -0.4 is 5.32 Å². The van der Waals surface area contributed by atoms with E-state index >= 15 is 0 Å². The first-order valence-electron chi connectivity index (χ1n) is 8.77. The molecule has 0 heterocycles. The number of nitriles is 1. The number of nitrogens with one attached hydrogen (secondary N) is 1. The van der Waals surface area contributed by atoms with Gasteiger partial charge in [0.25, 0.3) is 0 Å². The summed E-state index contributed by atoms with van der Waals surface area (Å²) < 4.78 is 5.37. The maximum absolute atomic E-state index is 12.8. The second kappa shape index (κ2) is 7.69. The fourth-order valence-electron chi connectivity index (χ4n) is 3.28. The Labute approximate surface area is 149 Å². The van der Waals surface area contributed by atoms with Gasteiger partial charge in [0.05, 0.1) is 12.1 Å². The molecule has 0 radical (unpaired) electrons. The van der Waals surface area contributed by atoms with Gasteiger partial charge in [0, 0.05) is 6.42 Å². The Morgan fingerprint density at radius 3 is 2.52 bits per heavy atom. The SMILES string of the molecule is CC(C)(C)OC(=O)N[C@@H](c1ccccc1)[C@@]1(C#N)CCCCCC1=O. The predicted molar refractivity (Wildman–Crippen MR) is 94.7 cm³/mol. The fraction of sp³-hybridized carbons (Fsp3) is 0.550. The summed E-state index contributed by atoms with van der Waals surface area (Å²) in [5, 5.41) is 12.8. The zero-order valence-electron chi connectivity index (χ0n) is 15.2. The molecule has 0 unspecified atom stereocenters. The lowest BCUT2D eigenvalue weighted by Gasteiger charge is -2.34. The van der Waals surface area contributed by atoms with E-state index in [0.29, 0.717) is 12.8 Å². The first kappa shape index (κ1) is 19.0. The molecule has 1 fully saturated rings. The van der Waals surface area contributed by atoms with Crippen LogP contribution in [0.3, 0.4) is 0 Å². The van der Waals surface area contributed by atoms with Gasteiger partial charge in [0.15, 0.2) is 5.78 Å². The van der Waals surface area contributed by atoms with E-state index < -0.39 is 23.2 Å². The van der Waals surface area contributed by atoms with Crippen molar-refractivity contribution in [1.29, 1.82) is 5.26 Å². The van der Waals surface area contributed by atoms with Gasteiger partial charge in [-0.1, -0.05) is 43.2 Å². The molecule has 134 valence electrons. The van der Waals surface area contributed by atoms with Crippen LogP contribution in [0, 0.1) is 16.7 Å². The molecule has 0 bridgehead atoms. The van der Waals surface area contributed by atoms with E-state index in [1.807, 2.05) is 30.3 Å². The minimum absolute atomic E-state index is 0.0996. The average molecular weight is 342 g/mol. The van der Waals surface area contributed by atoms with Crippen LogP contribution in [0.4, 0.5) is 4.79 Å². The summed E-state index contributed by atoms with van der Waals surface area (Å²) in [6.07, 6.45) is 2.69. The second-order valence-corrected chi connectivity index (χ2v) is 7.56. The molecule has 5 nitrogen and oxygen atoms in total. The third-order valence-electron chi connectivity index (χ3n) is 4.46. The number of ketones is 1. The number of nitrogens with zero attached hydrogens (tertiary/aromatic N) is 1. The summed E-state index contributed by atoms with van der Waals surface area (Å²) in [5.74, 6) is -0.0996. The highest BCUT2D eigenvalue weighted by Gasteiger charge is 2.47. The van der Waals surface area contributed by atoms with E-state index in [9.17, 15) is 14.9 Å². The summed E-state index contributed by atoms with van der Waals surface area (Å²) in [6.45, 7) is 5.34. The van der Waals surface area contributed by atoms with Gasteiger partial charge in [-0.3, -0.25) is 4.79 Å². The molecular weight excluding hydrogens is 316 g/mol. The highest BCUT2D eigenvalue weighted by Crippen LogP contribution is 2.42. The quantitative estimate of drug-likeness (QED) is 0.831. The maximum Gasteiger partial charge on any atom is 0.408 e. The van der Waals surface area contributed by atoms with Gasteiger partial charge in [-0.05, 0) is 39.2 Å². The van der Waals surface area contributed by atoms with Crippen molar-refractivity contribution < 1.29 is 14.3 Å². The van der Waals surface area contributed by atoms with E-state index in [0.717, 1.165) is 24.8 Å². The van der Waals surface area contributed by atoms with Crippen molar-refractivity contribution in [3.63, 3.8) is 0 Å². The topological polar surface area (TPSA) is 79.2 Å².